The quantitative estimate of drug-likeness (QED) is 0.387. The molecule has 0 atom stereocenters. The lowest BCUT2D eigenvalue weighted by molar-refractivity contribution is 0.626. The Kier molecular flexibility index (Phi) is 4.85. The highest BCUT2D eigenvalue weighted by Gasteiger charge is 2.18. The van der Waals surface area contributed by atoms with Crippen molar-refractivity contribution in [2.45, 2.75) is 26.9 Å². The molecule has 0 aliphatic carbocycles. The number of benzene rings is 3. The molecule has 2 aromatic heterocycles. The number of fused-ring (bicyclic) bond motifs is 3. The third kappa shape index (κ3) is 3.47. The van der Waals surface area contributed by atoms with E-state index >= 15 is 0 Å². The Bertz CT molecular complexity index is 1530. The van der Waals surface area contributed by atoms with Crippen LogP contribution < -0.4 is 5.56 Å². The van der Waals surface area contributed by atoms with Gasteiger partial charge < -0.3 is 4.57 Å². The van der Waals surface area contributed by atoms with E-state index in [4.69, 9.17) is 0 Å². The summed E-state index contributed by atoms with van der Waals surface area (Å²) in [6.45, 7) is 4.80. The predicted octanol–water partition coefficient (Wildman–Crippen LogP) is 5.34. The van der Waals surface area contributed by atoms with Crippen molar-refractivity contribution in [3.8, 4) is 0 Å². The first-order valence-electron chi connectivity index (χ1n) is 10.4. The minimum absolute atomic E-state index is 0.221. The van der Waals surface area contributed by atoms with E-state index in [1.54, 1.807) is 18.2 Å². The zero-order chi connectivity index (χ0) is 22.4. The third-order valence-corrected chi connectivity index (χ3v) is 5.89. The van der Waals surface area contributed by atoms with Crippen LogP contribution in [0.5, 0.6) is 0 Å². The molecule has 160 valence electrons. The zero-order valence-corrected chi connectivity index (χ0v) is 17.8. The highest BCUT2D eigenvalue weighted by atomic mass is 19.1. The van der Waals surface area contributed by atoms with Crippen molar-refractivity contribution in [3.05, 3.63) is 111 Å². The van der Waals surface area contributed by atoms with Crippen LogP contribution in [0.2, 0.25) is 0 Å². The SMILES string of the molecule is Cc1ccc(C)c(Cn2c3ccc(F)cc3c3ncn(Cc4ccc(F)cc4)c(=O)c32)c1. The van der Waals surface area contributed by atoms with Gasteiger partial charge in [0.05, 0.1) is 18.4 Å². The summed E-state index contributed by atoms with van der Waals surface area (Å²) in [5.74, 6) is -0.703. The average molecular weight is 429 g/mol. The van der Waals surface area contributed by atoms with Gasteiger partial charge in [0.1, 0.15) is 22.7 Å². The number of aryl methyl sites for hydroxylation is 2. The first kappa shape index (κ1) is 20.1. The summed E-state index contributed by atoms with van der Waals surface area (Å²) in [7, 11) is 0. The molecule has 0 bridgehead atoms. The summed E-state index contributed by atoms with van der Waals surface area (Å²) < 4.78 is 30.8. The fourth-order valence-corrected chi connectivity index (χ4v) is 4.18. The third-order valence-electron chi connectivity index (χ3n) is 5.89. The van der Waals surface area contributed by atoms with E-state index in [-0.39, 0.29) is 23.7 Å². The van der Waals surface area contributed by atoms with Crippen molar-refractivity contribution in [3.63, 3.8) is 0 Å². The summed E-state index contributed by atoms with van der Waals surface area (Å²) in [6, 6.07) is 16.8. The molecule has 0 aliphatic rings. The molecular formula is C26H21F2N3O. The fraction of sp³-hybridized carbons (Fsp3) is 0.154. The van der Waals surface area contributed by atoms with Crippen LogP contribution in [0.4, 0.5) is 8.78 Å². The predicted molar refractivity (Wildman–Crippen MR) is 122 cm³/mol. The summed E-state index contributed by atoms with van der Waals surface area (Å²) in [5.41, 5.74) is 5.56. The van der Waals surface area contributed by atoms with Gasteiger partial charge in [0.2, 0.25) is 0 Å². The number of halogens is 2. The number of aromatic nitrogens is 3. The molecule has 0 aliphatic heterocycles. The van der Waals surface area contributed by atoms with Crippen LogP contribution in [-0.4, -0.2) is 14.1 Å². The number of hydrogen-bond donors (Lipinski definition) is 0. The molecule has 0 amide bonds. The Morgan fingerprint density at radius 2 is 1.62 bits per heavy atom. The maximum atomic E-state index is 14.1. The number of hydrogen-bond acceptors (Lipinski definition) is 2. The molecule has 0 unspecified atom stereocenters. The number of rotatable bonds is 4. The van der Waals surface area contributed by atoms with Gasteiger partial charge in [-0.1, -0.05) is 35.9 Å². The second-order valence-electron chi connectivity index (χ2n) is 8.18. The lowest BCUT2D eigenvalue weighted by atomic mass is 10.1. The smallest absolute Gasteiger partial charge is 0.278 e. The van der Waals surface area contributed by atoms with Crippen LogP contribution in [0.3, 0.4) is 0 Å². The fourth-order valence-electron chi connectivity index (χ4n) is 4.18. The van der Waals surface area contributed by atoms with Crippen LogP contribution in [0.15, 0.2) is 71.8 Å². The van der Waals surface area contributed by atoms with Crippen LogP contribution >= 0.6 is 0 Å². The van der Waals surface area contributed by atoms with E-state index < -0.39 is 0 Å². The average Bonchev–Trinajstić information content (AvgIpc) is 3.07. The Morgan fingerprint density at radius 3 is 2.41 bits per heavy atom. The van der Waals surface area contributed by atoms with Crippen LogP contribution in [0.25, 0.3) is 21.9 Å². The van der Waals surface area contributed by atoms with Crippen molar-refractivity contribution < 1.29 is 8.78 Å². The van der Waals surface area contributed by atoms with Gasteiger partial charge in [-0.2, -0.15) is 0 Å². The van der Waals surface area contributed by atoms with Crippen molar-refractivity contribution in [2.24, 2.45) is 0 Å². The molecule has 5 rings (SSSR count). The van der Waals surface area contributed by atoms with Gasteiger partial charge in [0, 0.05) is 11.9 Å². The highest BCUT2D eigenvalue weighted by molar-refractivity contribution is 6.05. The number of nitrogens with zero attached hydrogens (tertiary/aromatic N) is 3. The lowest BCUT2D eigenvalue weighted by Crippen LogP contribution is -2.23. The second-order valence-corrected chi connectivity index (χ2v) is 8.18. The second kappa shape index (κ2) is 7.71. The molecule has 32 heavy (non-hydrogen) atoms. The lowest BCUT2D eigenvalue weighted by Gasteiger charge is -2.12. The van der Waals surface area contributed by atoms with Gasteiger partial charge in [0.15, 0.2) is 0 Å². The van der Waals surface area contributed by atoms with E-state index in [0.29, 0.717) is 23.0 Å². The molecule has 0 fully saturated rings. The monoisotopic (exact) mass is 429 g/mol. The van der Waals surface area contributed by atoms with Gasteiger partial charge in [-0.05, 0) is 60.9 Å². The molecule has 4 nitrogen and oxygen atoms in total. The summed E-state index contributed by atoms with van der Waals surface area (Å²) in [5, 5.41) is 0.608. The Labute approximate surface area is 183 Å². The van der Waals surface area contributed by atoms with Gasteiger partial charge in [-0.15, -0.1) is 0 Å². The van der Waals surface area contributed by atoms with Crippen LogP contribution in [0.1, 0.15) is 22.3 Å². The molecule has 6 heteroatoms. The van der Waals surface area contributed by atoms with Gasteiger partial charge in [-0.25, -0.2) is 13.8 Å². The normalized spacial score (nSPS) is 11.5. The van der Waals surface area contributed by atoms with E-state index in [9.17, 15) is 13.6 Å². The molecule has 0 saturated heterocycles. The van der Waals surface area contributed by atoms with Gasteiger partial charge in [0.25, 0.3) is 5.56 Å². The summed E-state index contributed by atoms with van der Waals surface area (Å²) >= 11 is 0. The maximum Gasteiger partial charge on any atom is 0.278 e. The highest BCUT2D eigenvalue weighted by Crippen LogP contribution is 2.28. The van der Waals surface area contributed by atoms with Crippen molar-refractivity contribution in [2.75, 3.05) is 0 Å². The van der Waals surface area contributed by atoms with Crippen molar-refractivity contribution in [1.29, 1.82) is 0 Å². The molecule has 0 N–H and O–H groups in total. The molecule has 5 aromatic rings. The van der Waals surface area contributed by atoms with E-state index in [2.05, 4.69) is 23.2 Å². The van der Waals surface area contributed by atoms with E-state index in [0.717, 1.165) is 27.8 Å². The zero-order valence-electron chi connectivity index (χ0n) is 17.8. The van der Waals surface area contributed by atoms with Gasteiger partial charge >= 0.3 is 0 Å². The summed E-state index contributed by atoms with van der Waals surface area (Å²) in [4.78, 5) is 18.1. The molecular weight excluding hydrogens is 408 g/mol. The van der Waals surface area contributed by atoms with E-state index in [1.165, 1.54) is 35.2 Å². The Morgan fingerprint density at radius 1 is 0.875 bits per heavy atom. The molecule has 0 saturated carbocycles. The van der Waals surface area contributed by atoms with Crippen molar-refractivity contribution in [1.82, 2.24) is 14.1 Å². The van der Waals surface area contributed by atoms with E-state index in [1.807, 2.05) is 18.4 Å². The van der Waals surface area contributed by atoms with Crippen LogP contribution in [-0.2, 0) is 13.1 Å². The molecule has 0 radical (unpaired) electrons. The first-order valence-corrected chi connectivity index (χ1v) is 10.4. The maximum absolute atomic E-state index is 14.1. The summed E-state index contributed by atoms with van der Waals surface area (Å²) in [6.07, 6.45) is 1.47. The largest absolute Gasteiger partial charge is 0.330 e. The van der Waals surface area contributed by atoms with Crippen LogP contribution in [0, 0.1) is 25.5 Å². The molecule has 0 spiro atoms. The first-order chi connectivity index (χ1) is 15.4. The standard InChI is InChI=1S/C26H21F2N3O/c1-16-3-4-17(2)19(11-16)14-31-23-10-9-21(28)12-22(23)24-25(31)26(32)30(15-29-24)13-18-5-7-20(27)8-6-18/h3-12,15H,13-14H2,1-2H3. The molecule has 3 aromatic carbocycles. The minimum Gasteiger partial charge on any atom is -0.330 e. The Hall–Kier alpha value is -3.80. The van der Waals surface area contributed by atoms with Crippen molar-refractivity contribution >= 4 is 21.9 Å². The minimum atomic E-state index is -0.374. The molecule has 2 heterocycles. The Balaban J connectivity index is 1.73. The van der Waals surface area contributed by atoms with Gasteiger partial charge in [-0.3, -0.25) is 9.36 Å². The topological polar surface area (TPSA) is 39.8 Å².